The molecule has 1 amide bonds. The lowest BCUT2D eigenvalue weighted by atomic mass is 9.98. The molecule has 1 aromatic rings. The molecule has 0 radical (unpaired) electrons. The van der Waals surface area contributed by atoms with Crippen LogP contribution in [0, 0.1) is 12.8 Å². The van der Waals surface area contributed by atoms with E-state index in [9.17, 15) is 4.79 Å². The molecule has 1 heterocycles. The minimum Gasteiger partial charge on any atom is -0.352 e. The predicted molar refractivity (Wildman–Crippen MR) is 76.8 cm³/mol. The number of hydrogen-bond donors (Lipinski definition) is 2. The highest BCUT2D eigenvalue weighted by molar-refractivity contribution is 9.10. The van der Waals surface area contributed by atoms with Crippen LogP contribution in [0.2, 0.25) is 0 Å². The second kappa shape index (κ2) is 6.34. The summed E-state index contributed by atoms with van der Waals surface area (Å²) >= 11 is 3.40. The molecule has 98 valence electrons. The number of aryl methyl sites for hydroxylation is 1. The number of amides is 1. The van der Waals surface area contributed by atoms with Crippen LogP contribution in [0.4, 0.5) is 0 Å². The zero-order chi connectivity index (χ0) is 13.0. The summed E-state index contributed by atoms with van der Waals surface area (Å²) in [6, 6.07) is 5.80. The van der Waals surface area contributed by atoms with Gasteiger partial charge in [0.15, 0.2) is 0 Å². The highest BCUT2D eigenvalue weighted by atomic mass is 79.9. The molecular formula is C14H19BrN2O. The maximum absolute atomic E-state index is 12.1. The van der Waals surface area contributed by atoms with E-state index < -0.39 is 0 Å². The second-order valence-electron chi connectivity index (χ2n) is 4.86. The van der Waals surface area contributed by atoms with Crippen LogP contribution in [0.1, 0.15) is 28.8 Å². The molecule has 1 aliphatic heterocycles. The highest BCUT2D eigenvalue weighted by Crippen LogP contribution is 2.16. The van der Waals surface area contributed by atoms with E-state index in [1.807, 2.05) is 25.1 Å². The van der Waals surface area contributed by atoms with E-state index in [2.05, 4.69) is 26.6 Å². The Labute approximate surface area is 116 Å². The van der Waals surface area contributed by atoms with Crippen LogP contribution in [0.15, 0.2) is 22.7 Å². The minimum atomic E-state index is 0.0346. The van der Waals surface area contributed by atoms with Gasteiger partial charge >= 0.3 is 0 Å². The van der Waals surface area contributed by atoms with Crippen molar-refractivity contribution in [1.82, 2.24) is 10.6 Å². The van der Waals surface area contributed by atoms with Gasteiger partial charge in [-0.3, -0.25) is 4.79 Å². The highest BCUT2D eigenvalue weighted by Gasteiger charge is 2.15. The third-order valence-electron chi connectivity index (χ3n) is 3.45. The van der Waals surface area contributed by atoms with Gasteiger partial charge in [0, 0.05) is 16.6 Å². The lowest BCUT2D eigenvalue weighted by Gasteiger charge is -2.22. The molecule has 1 saturated heterocycles. The molecule has 0 spiro atoms. The third-order valence-corrected chi connectivity index (χ3v) is 3.95. The van der Waals surface area contributed by atoms with Crippen molar-refractivity contribution in [1.29, 1.82) is 0 Å². The van der Waals surface area contributed by atoms with E-state index in [4.69, 9.17) is 0 Å². The van der Waals surface area contributed by atoms with Gasteiger partial charge in [0.05, 0.1) is 0 Å². The third kappa shape index (κ3) is 3.56. The molecule has 0 unspecified atom stereocenters. The first-order valence-corrected chi connectivity index (χ1v) is 7.21. The molecule has 1 aromatic carbocycles. The lowest BCUT2D eigenvalue weighted by molar-refractivity contribution is 0.0943. The Bertz CT molecular complexity index is 428. The molecule has 4 heteroatoms. The fraction of sp³-hybridized carbons (Fsp3) is 0.500. The number of halogens is 1. The zero-order valence-corrected chi connectivity index (χ0v) is 12.2. The Hall–Kier alpha value is -0.870. The first-order chi connectivity index (χ1) is 8.66. The molecule has 2 rings (SSSR count). The van der Waals surface area contributed by atoms with E-state index in [1.54, 1.807) is 0 Å². The van der Waals surface area contributed by atoms with E-state index in [0.29, 0.717) is 5.92 Å². The monoisotopic (exact) mass is 310 g/mol. The molecular weight excluding hydrogens is 292 g/mol. The lowest BCUT2D eigenvalue weighted by Crippen LogP contribution is -2.36. The van der Waals surface area contributed by atoms with Crippen molar-refractivity contribution in [2.75, 3.05) is 19.6 Å². The van der Waals surface area contributed by atoms with Gasteiger partial charge in [-0.2, -0.15) is 0 Å². The molecule has 0 aromatic heterocycles. The van der Waals surface area contributed by atoms with E-state index in [-0.39, 0.29) is 5.91 Å². The summed E-state index contributed by atoms with van der Waals surface area (Å²) in [5.41, 5.74) is 1.78. The normalized spacial score (nSPS) is 16.6. The molecule has 0 saturated carbocycles. The summed E-state index contributed by atoms with van der Waals surface area (Å²) in [5.74, 6) is 0.648. The Balaban J connectivity index is 1.92. The summed E-state index contributed by atoms with van der Waals surface area (Å²) in [7, 11) is 0. The SMILES string of the molecule is Cc1ccc(Br)cc1C(=O)NCC1CCNCC1. The standard InChI is InChI=1S/C14H19BrN2O/c1-10-2-3-12(15)8-13(10)14(18)17-9-11-4-6-16-7-5-11/h2-3,8,11,16H,4-7,9H2,1H3,(H,17,18). The average molecular weight is 311 g/mol. The summed E-state index contributed by atoms with van der Waals surface area (Å²) < 4.78 is 0.945. The minimum absolute atomic E-state index is 0.0346. The van der Waals surface area contributed by atoms with Crippen molar-refractivity contribution in [3.05, 3.63) is 33.8 Å². The quantitative estimate of drug-likeness (QED) is 0.900. The molecule has 1 fully saturated rings. The van der Waals surface area contributed by atoms with Crippen LogP contribution in [-0.4, -0.2) is 25.5 Å². The fourth-order valence-corrected chi connectivity index (χ4v) is 2.62. The van der Waals surface area contributed by atoms with E-state index in [1.165, 1.54) is 0 Å². The summed E-state index contributed by atoms with van der Waals surface area (Å²) in [4.78, 5) is 12.1. The Morgan fingerprint density at radius 3 is 2.89 bits per heavy atom. The molecule has 18 heavy (non-hydrogen) atoms. The van der Waals surface area contributed by atoms with Crippen LogP contribution < -0.4 is 10.6 Å². The van der Waals surface area contributed by atoms with Gasteiger partial charge in [0.1, 0.15) is 0 Å². The summed E-state index contributed by atoms with van der Waals surface area (Å²) in [6.07, 6.45) is 2.30. The molecule has 0 atom stereocenters. The van der Waals surface area contributed by atoms with Gasteiger partial charge < -0.3 is 10.6 Å². The topological polar surface area (TPSA) is 41.1 Å². The van der Waals surface area contributed by atoms with Gasteiger partial charge in [-0.25, -0.2) is 0 Å². The first-order valence-electron chi connectivity index (χ1n) is 6.42. The smallest absolute Gasteiger partial charge is 0.251 e. The number of nitrogens with one attached hydrogen (secondary N) is 2. The zero-order valence-electron chi connectivity index (χ0n) is 10.6. The first kappa shape index (κ1) is 13.6. The van der Waals surface area contributed by atoms with Gasteiger partial charge in [-0.05, 0) is 56.5 Å². The molecule has 0 aliphatic carbocycles. The molecule has 1 aliphatic rings. The molecule has 3 nitrogen and oxygen atoms in total. The number of piperidine rings is 1. The Kier molecular flexibility index (Phi) is 4.78. The molecule has 0 bridgehead atoms. The number of carbonyl (C=O) groups excluding carboxylic acids is 1. The number of rotatable bonds is 3. The maximum Gasteiger partial charge on any atom is 0.251 e. The van der Waals surface area contributed by atoms with Crippen LogP contribution in [0.25, 0.3) is 0 Å². The van der Waals surface area contributed by atoms with Gasteiger partial charge in [-0.1, -0.05) is 22.0 Å². The van der Waals surface area contributed by atoms with Crippen molar-refractivity contribution in [2.45, 2.75) is 19.8 Å². The predicted octanol–water partition coefficient (Wildman–Crippen LogP) is 2.49. The fourth-order valence-electron chi connectivity index (χ4n) is 2.26. The second-order valence-corrected chi connectivity index (χ2v) is 5.78. The summed E-state index contributed by atoms with van der Waals surface area (Å²) in [6.45, 7) is 4.88. The van der Waals surface area contributed by atoms with Crippen LogP contribution in [0.5, 0.6) is 0 Å². The van der Waals surface area contributed by atoms with Crippen LogP contribution in [-0.2, 0) is 0 Å². The Morgan fingerprint density at radius 1 is 1.44 bits per heavy atom. The maximum atomic E-state index is 12.1. The van der Waals surface area contributed by atoms with Crippen molar-refractivity contribution in [3.8, 4) is 0 Å². The average Bonchev–Trinajstić information content (AvgIpc) is 2.40. The van der Waals surface area contributed by atoms with Crippen molar-refractivity contribution in [3.63, 3.8) is 0 Å². The van der Waals surface area contributed by atoms with Crippen LogP contribution in [0.3, 0.4) is 0 Å². The number of hydrogen-bond acceptors (Lipinski definition) is 2. The van der Waals surface area contributed by atoms with Gasteiger partial charge in [-0.15, -0.1) is 0 Å². The Morgan fingerprint density at radius 2 is 2.17 bits per heavy atom. The van der Waals surface area contributed by atoms with Crippen LogP contribution >= 0.6 is 15.9 Å². The van der Waals surface area contributed by atoms with Crippen molar-refractivity contribution >= 4 is 21.8 Å². The van der Waals surface area contributed by atoms with E-state index >= 15 is 0 Å². The van der Waals surface area contributed by atoms with E-state index in [0.717, 1.165) is 48.1 Å². The largest absolute Gasteiger partial charge is 0.352 e. The number of carbonyl (C=O) groups is 1. The number of benzene rings is 1. The van der Waals surface area contributed by atoms with Gasteiger partial charge in [0.25, 0.3) is 5.91 Å². The van der Waals surface area contributed by atoms with Gasteiger partial charge in [0.2, 0.25) is 0 Å². The summed E-state index contributed by atoms with van der Waals surface area (Å²) in [5, 5.41) is 6.38. The van der Waals surface area contributed by atoms with Crippen molar-refractivity contribution in [2.24, 2.45) is 5.92 Å². The molecule has 2 N–H and O–H groups in total. The van der Waals surface area contributed by atoms with Crippen molar-refractivity contribution < 1.29 is 4.79 Å².